The summed E-state index contributed by atoms with van der Waals surface area (Å²) < 4.78 is 0. The Morgan fingerprint density at radius 2 is 2.00 bits per heavy atom. The van der Waals surface area contributed by atoms with E-state index in [-0.39, 0.29) is 22.7 Å². The van der Waals surface area contributed by atoms with E-state index in [0.29, 0.717) is 0 Å². The van der Waals surface area contributed by atoms with Crippen LogP contribution in [0.25, 0.3) is 0 Å². The van der Waals surface area contributed by atoms with Gasteiger partial charge in [-0.1, -0.05) is 26.1 Å². The molecular weight excluding hydrogens is 160 g/mol. The maximum absolute atomic E-state index is 11.1. The number of hydrogen-bond acceptors (Lipinski definition) is 2. The molecule has 0 radical (unpaired) electrons. The summed E-state index contributed by atoms with van der Waals surface area (Å²) in [5.74, 6) is -0.282. The molecule has 0 aliphatic heterocycles. The van der Waals surface area contributed by atoms with Gasteiger partial charge in [0.25, 0.3) is 0 Å². The van der Waals surface area contributed by atoms with Gasteiger partial charge in [0.15, 0.2) is 0 Å². The third kappa shape index (κ3) is 2.84. The lowest BCUT2D eigenvalue weighted by atomic mass is 9.95. The van der Waals surface area contributed by atoms with Gasteiger partial charge >= 0.3 is 0 Å². The van der Waals surface area contributed by atoms with E-state index < -0.39 is 0 Å². The zero-order valence-electron chi connectivity index (χ0n) is 7.05. The van der Waals surface area contributed by atoms with Gasteiger partial charge in [0.2, 0.25) is 5.91 Å². The maximum Gasteiger partial charge on any atom is 0.229 e. The monoisotopic (exact) mass is 174 g/mol. The van der Waals surface area contributed by atoms with Crippen LogP contribution in [0.3, 0.4) is 0 Å². The summed E-state index contributed by atoms with van der Waals surface area (Å²) in [6.07, 6.45) is 0. The smallest absolute Gasteiger partial charge is 0.229 e. The van der Waals surface area contributed by atoms with Crippen LogP contribution >= 0.6 is 12.2 Å². The molecule has 0 aliphatic carbocycles. The number of rotatable bonds is 3. The molecule has 4 heteroatoms. The lowest BCUT2D eigenvalue weighted by Gasteiger charge is -2.16. The largest absolute Gasteiger partial charge is 0.393 e. The summed E-state index contributed by atoms with van der Waals surface area (Å²) in [6, 6.07) is 0. The lowest BCUT2D eigenvalue weighted by Crippen LogP contribution is -2.39. The molecule has 0 saturated carbocycles. The van der Waals surface area contributed by atoms with Gasteiger partial charge in [-0.3, -0.25) is 4.79 Å². The third-order valence-corrected chi connectivity index (χ3v) is 1.76. The summed E-state index contributed by atoms with van der Waals surface area (Å²) in [4.78, 5) is 11.4. The van der Waals surface area contributed by atoms with E-state index >= 15 is 0 Å². The Morgan fingerprint density at radius 1 is 1.55 bits per heavy atom. The van der Waals surface area contributed by atoms with E-state index in [4.69, 9.17) is 18.0 Å². The van der Waals surface area contributed by atoms with Crippen molar-refractivity contribution >= 4 is 23.1 Å². The van der Waals surface area contributed by atoms with Crippen molar-refractivity contribution in [2.75, 3.05) is 7.05 Å². The molecule has 0 heterocycles. The fraction of sp³-hybridized carbons (Fsp3) is 0.714. The molecule has 3 N–H and O–H groups in total. The van der Waals surface area contributed by atoms with Crippen LogP contribution in [0.5, 0.6) is 0 Å². The normalized spacial score (nSPS) is 12.7. The molecule has 0 saturated heterocycles. The molecule has 0 spiro atoms. The average molecular weight is 174 g/mol. The fourth-order valence-electron chi connectivity index (χ4n) is 0.916. The van der Waals surface area contributed by atoms with Gasteiger partial charge in [0.05, 0.1) is 10.9 Å². The zero-order chi connectivity index (χ0) is 9.02. The molecule has 0 aromatic carbocycles. The molecule has 1 amide bonds. The number of hydrogen-bond donors (Lipinski definition) is 2. The Bertz CT molecular complexity index is 168. The van der Waals surface area contributed by atoms with Crippen LogP contribution in [0, 0.1) is 11.8 Å². The topological polar surface area (TPSA) is 55.1 Å². The van der Waals surface area contributed by atoms with Gasteiger partial charge in [-0.2, -0.15) is 0 Å². The van der Waals surface area contributed by atoms with Crippen LogP contribution in [-0.4, -0.2) is 17.9 Å². The highest BCUT2D eigenvalue weighted by molar-refractivity contribution is 7.80. The van der Waals surface area contributed by atoms with E-state index in [1.54, 1.807) is 7.05 Å². The molecule has 0 bridgehead atoms. The van der Waals surface area contributed by atoms with E-state index in [1.807, 2.05) is 13.8 Å². The predicted molar refractivity (Wildman–Crippen MR) is 49.2 cm³/mol. The second kappa shape index (κ2) is 4.28. The summed E-state index contributed by atoms with van der Waals surface area (Å²) in [5.41, 5.74) is 5.38. The minimum Gasteiger partial charge on any atom is -0.393 e. The second-order valence-corrected chi connectivity index (χ2v) is 3.21. The maximum atomic E-state index is 11.1. The van der Waals surface area contributed by atoms with Gasteiger partial charge in [0.1, 0.15) is 0 Å². The Balaban J connectivity index is 4.34. The standard InChI is InChI=1S/C7H14N2OS/c1-4(2)5(6(8)11)7(10)9-3/h4-5H,1-3H3,(H2,8,11)(H,9,10). The molecule has 11 heavy (non-hydrogen) atoms. The third-order valence-electron chi connectivity index (χ3n) is 1.50. The van der Waals surface area contributed by atoms with Gasteiger partial charge in [-0.25, -0.2) is 0 Å². The van der Waals surface area contributed by atoms with Crippen molar-refractivity contribution in [2.45, 2.75) is 13.8 Å². The highest BCUT2D eigenvalue weighted by Gasteiger charge is 2.23. The highest BCUT2D eigenvalue weighted by Crippen LogP contribution is 2.10. The lowest BCUT2D eigenvalue weighted by molar-refractivity contribution is -0.123. The van der Waals surface area contributed by atoms with Gasteiger partial charge < -0.3 is 11.1 Å². The summed E-state index contributed by atoms with van der Waals surface area (Å²) in [7, 11) is 1.58. The summed E-state index contributed by atoms with van der Waals surface area (Å²) in [5, 5.41) is 2.52. The van der Waals surface area contributed by atoms with Gasteiger partial charge in [-0.05, 0) is 5.92 Å². The number of carbonyl (C=O) groups is 1. The Morgan fingerprint density at radius 3 is 2.09 bits per heavy atom. The van der Waals surface area contributed by atoms with Gasteiger partial charge in [-0.15, -0.1) is 0 Å². The van der Waals surface area contributed by atoms with E-state index in [9.17, 15) is 4.79 Å². The number of amides is 1. The van der Waals surface area contributed by atoms with E-state index in [2.05, 4.69) is 5.32 Å². The van der Waals surface area contributed by atoms with Crippen molar-refractivity contribution in [3.8, 4) is 0 Å². The number of nitrogens with two attached hydrogens (primary N) is 1. The van der Waals surface area contributed by atoms with Crippen LogP contribution in [-0.2, 0) is 4.79 Å². The molecule has 0 aromatic rings. The van der Waals surface area contributed by atoms with E-state index in [1.165, 1.54) is 0 Å². The first-order valence-electron chi connectivity index (χ1n) is 3.51. The fourth-order valence-corrected chi connectivity index (χ4v) is 1.30. The van der Waals surface area contributed by atoms with Crippen molar-refractivity contribution in [3.63, 3.8) is 0 Å². The number of nitrogens with one attached hydrogen (secondary N) is 1. The van der Waals surface area contributed by atoms with Crippen LogP contribution in [0.1, 0.15) is 13.8 Å². The molecule has 0 rings (SSSR count). The van der Waals surface area contributed by atoms with E-state index in [0.717, 1.165) is 0 Å². The van der Waals surface area contributed by atoms with Crippen molar-refractivity contribution in [2.24, 2.45) is 17.6 Å². The SMILES string of the molecule is CNC(=O)C(C(N)=S)C(C)C. The molecule has 0 fully saturated rings. The molecule has 64 valence electrons. The summed E-state index contributed by atoms with van der Waals surface area (Å²) in [6.45, 7) is 3.83. The van der Waals surface area contributed by atoms with Crippen LogP contribution in [0.15, 0.2) is 0 Å². The van der Waals surface area contributed by atoms with Crippen LogP contribution in [0.2, 0.25) is 0 Å². The Hall–Kier alpha value is -0.640. The zero-order valence-corrected chi connectivity index (χ0v) is 7.87. The Kier molecular flexibility index (Phi) is 4.03. The van der Waals surface area contributed by atoms with Crippen molar-refractivity contribution in [1.82, 2.24) is 5.32 Å². The second-order valence-electron chi connectivity index (χ2n) is 2.74. The van der Waals surface area contributed by atoms with Crippen LogP contribution in [0.4, 0.5) is 0 Å². The Labute approximate surface area is 72.3 Å². The first-order chi connectivity index (χ1) is 5.00. The molecule has 0 aromatic heterocycles. The highest BCUT2D eigenvalue weighted by atomic mass is 32.1. The molecule has 1 unspecified atom stereocenters. The quantitative estimate of drug-likeness (QED) is 0.605. The van der Waals surface area contributed by atoms with Gasteiger partial charge in [0, 0.05) is 7.05 Å². The van der Waals surface area contributed by atoms with Crippen LogP contribution < -0.4 is 11.1 Å². The molecular formula is C7H14N2OS. The molecule has 0 aliphatic rings. The molecule has 1 atom stereocenters. The first-order valence-corrected chi connectivity index (χ1v) is 3.92. The predicted octanol–water partition coefficient (Wildman–Crippen LogP) is 0.291. The number of carbonyl (C=O) groups excluding carboxylic acids is 1. The minimum absolute atomic E-state index is 0.104. The average Bonchev–Trinajstić information content (AvgIpc) is 1.85. The minimum atomic E-state index is -0.338. The van der Waals surface area contributed by atoms with Crippen molar-refractivity contribution < 1.29 is 4.79 Å². The molecule has 3 nitrogen and oxygen atoms in total. The van der Waals surface area contributed by atoms with Crippen molar-refractivity contribution in [1.29, 1.82) is 0 Å². The van der Waals surface area contributed by atoms with Crippen molar-refractivity contribution in [3.05, 3.63) is 0 Å². The first kappa shape index (κ1) is 10.4. The number of thiocarbonyl (C=S) groups is 1. The summed E-state index contributed by atoms with van der Waals surface area (Å²) >= 11 is 4.75.